The number of methoxy groups -OCH3 is 2. The van der Waals surface area contributed by atoms with Gasteiger partial charge < -0.3 is 18.8 Å². The second-order valence-corrected chi connectivity index (χ2v) is 8.88. The van der Waals surface area contributed by atoms with Gasteiger partial charge in [0.15, 0.2) is 17.3 Å². The van der Waals surface area contributed by atoms with Crippen molar-refractivity contribution in [3.63, 3.8) is 0 Å². The Morgan fingerprint density at radius 1 is 1.05 bits per heavy atom. The van der Waals surface area contributed by atoms with Gasteiger partial charge in [-0.15, -0.1) is 0 Å². The number of ether oxygens (including phenoxy) is 2. The number of carbonyl (C=O) groups excluding carboxylic acids is 2. The van der Waals surface area contributed by atoms with Gasteiger partial charge in [-0.25, -0.2) is 4.98 Å². The Kier molecular flexibility index (Phi) is 6.93. The minimum Gasteiger partial charge on any atom is -0.493 e. The Morgan fingerprint density at radius 2 is 1.84 bits per heavy atom. The van der Waals surface area contributed by atoms with E-state index in [0.717, 1.165) is 24.1 Å². The van der Waals surface area contributed by atoms with Crippen LogP contribution < -0.4 is 14.8 Å². The molecule has 0 aliphatic heterocycles. The number of anilines is 1. The molecule has 0 atom stereocenters. The zero-order valence-corrected chi connectivity index (χ0v) is 20.7. The normalized spacial score (nSPS) is 12.7. The maximum absolute atomic E-state index is 13.2. The third-order valence-corrected chi connectivity index (χ3v) is 6.20. The molecule has 4 aromatic rings. The first-order chi connectivity index (χ1) is 18.1. The fraction of sp³-hybridized carbons (Fsp3) is 0.250. The van der Waals surface area contributed by atoms with E-state index < -0.39 is 0 Å². The molecule has 0 bridgehead atoms. The van der Waals surface area contributed by atoms with Gasteiger partial charge in [-0.3, -0.25) is 19.5 Å². The summed E-state index contributed by atoms with van der Waals surface area (Å²) in [7, 11) is 3.14. The molecule has 1 saturated carbocycles. The smallest absolute Gasteiger partial charge is 0.290 e. The van der Waals surface area contributed by atoms with E-state index in [4.69, 9.17) is 18.9 Å². The third-order valence-electron chi connectivity index (χ3n) is 6.20. The first kappa shape index (κ1) is 24.2. The molecule has 37 heavy (non-hydrogen) atoms. The molecule has 2 amide bonds. The quantitative estimate of drug-likeness (QED) is 0.341. The van der Waals surface area contributed by atoms with Crippen LogP contribution in [0.5, 0.6) is 11.5 Å². The summed E-state index contributed by atoms with van der Waals surface area (Å²) >= 11 is 0. The summed E-state index contributed by atoms with van der Waals surface area (Å²) in [5, 5.41) is 2.91. The van der Waals surface area contributed by atoms with Gasteiger partial charge in [0.05, 0.1) is 31.9 Å². The number of benzene rings is 2. The van der Waals surface area contributed by atoms with Crippen LogP contribution in [0, 0.1) is 5.92 Å². The number of carbonyl (C=O) groups is 2. The molecule has 1 aliphatic rings. The number of nitrogens with one attached hydrogen (secondary N) is 1. The average Bonchev–Trinajstić information content (AvgIpc) is 3.39. The summed E-state index contributed by atoms with van der Waals surface area (Å²) in [5.41, 5.74) is 2.32. The van der Waals surface area contributed by atoms with Crippen LogP contribution in [0.1, 0.15) is 23.4 Å². The number of furan rings is 1. The number of aromatic nitrogens is 2. The van der Waals surface area contributed by atoms with Gasteiger partial charge in [-0.1, -0.05) is 30.3 Å². The summed E-state index contributed by atoms with van der Waals surface area (Å²) in [6, 6.07) is 18.4. The van der Waals surface area contributed by atoms with Crippen molar-refractivity contribution >= 4 is 17.8 Å². The predicted octanol–water partition coefficient (Wildman–Crippen LogP) is 4.64. The molecule has 9 nitrogen and oxygen atoms in total. The van der Waals surface area contributed by atoms with Gasteiger partial charge in [0, 0.05) is 24.4 Å². The molecule has 2 aromatic heterocycles. The van der Waals surface area contributed by atoms with Crippen molar-refractivity contribution in [3.8, 4) is 28.4 Å². The Balaban J connectivity index is 1.44. The highest BCUT2D eigenvalue weighted by Crippen LogP contribution is 2.32. The van der Waals surface area contributed by atoms with E-state index in [0.29, 0.717) is 35.6 Å². The lowest BCUT2D eigenvalue weighted by molar-refractivity contribution is -0.117. The van der Waals surface area contributed by atoms with Gasteiger partial charge in [0.1, 0.15) is 6.54 Å². The lowest BCUT2D eigenvalue weighted by atomic mass is 10.2. The highest BCUT2D eigenvalue weighted by Gasteiger charge is 2.30. The van der Waals surface area contributed by atoms with E-state index in [2.05, 4.69) is 5.32 Å². The highest BCUT2D eigenvalue weighted by molar-refractivity contribution is 5.97. The van der Waals surface area contributed by atoms with E-state index >= 15 is 0 Å². The molecule has 9 heteroatoms. The molecule has 2 heterocycles. The lowest BCUT2D eigenvalue weighted by Gasteiger charge is -2.21. The van der Waals surface area contributed by atoms with Crippen molar-refractivity contribution in [3.05, 3.63) is 78.9 Å². The largest absolute Gasteiger partial charge is 0.493 e. The van der Waals surface area contributed by atoms with Gasteiger partial charge in [-0.05, 0) is 43.0 Å². The molecular weight excluding hydrogens is 472 g/mol. The van der Waals surface area contributed by atoms with Crippen LogP contribution in [0.25, 0.3) is 16.9 Å². The van der Waals surface area contributed by atoms with Crippen molar-refractivity contribution in [1.82, 2.24) is 14.5 Å². The Morgan fingerprint density at radius 3 is 2.51 bits per heavy atom. The van der Waals surface area contributed by atoms with Gasteiger partial charge in [0.2, 0.25) is 11.9 Å². The zero-order valence-electron chi connectivity index (χ0n) is 20.7. The molecule has 2 aromatic carbocycles. The van der Waals surface area contributed by atoms with Crippen molar-refractivity contribution in [2.75, 3.05) is 32.6 Å². The van der Waals surface area contributed by atoms with Gasteiger partial charge in [0.25, 0.3) is 5.91 Å². The summed E-state index contributed by atoms with van der Waals surface area (Å²) < 4.78 is 17.9. The second kappa shape index (κ2) is 10.6. The predicted molar refractivity (Wildman–Crippen MR) is 138 cm³/mol. The van der Waals surface area contributed by atoms with E-state index in [1.807, 2.05) is 48.7 Å². The molecule has 190 valence electrons. The topological polar surface area (TPSA) is 98.8 Å². The number of amides is 2. The fourth-order valence-electron chi connectivity index (χ4n) is 4.11. The Labute approximate surface area is 214 Å². The van der Waals surface area contributed by atoms with Crippen molar-refractivity contribution in [1.29, 1.82) is 0 Å². The average molecular weight is 501 g/mol. The SMILES string of the molecule is COc1ccc(-n2cc(-c3ccccc3)nc2NC(=O)CN(CC2CC2)C(=O)c2ccco2)cc1OC. The zero-order chi connectivity index (χ0) is 25.8. The Hall–Kier alpha value is -4.53. The van der Waals surface area contributed by atoms with E-state index in [1.54, 1.807) is 37.0 Å². The van der Waals surface area contributed by atoms with Crippen LogP contribution >= 0.6 is 0 Å². The van der Waals surface area contributed by atoms with Crippen LogP contribution in [0.15, 0.2) is 77.5 Å². The highest BCUT2D eigenvalue weighted by atomic mass is 16.5. The van der Waals surface area contributed by atoms with Crippen LogP contribution in [-0.2, 0) is 4.79 Å². The second-order valence-electron chi connectivity index (χ2n) is 8.88. The number of rotatable bonds is 10. The van der Waals surface area contributed by atoms with E-state index in [1.165, 1.54) is 11.2 Å². The molecule has 5 rings (SSSR count). The number of nitrogens with zero attached hydrogens (tertiary/aromatic N) is 3. The summed E-state index contributed by atoms with van der Waals surface area (Å²) in [4.78, 5) is 32.4. The first-order valence-corrected chi connectivity index (χ1v) is 12.1. The molecule has 0 unspecified atom stereocenters. The van der Waals surface area contributed by atoms with Gasteiger partial charge >= 0.3 is 0 Å². The summed E-state index contributed by atoms with van der Waals surface area (Å²) in [6.07, 6.45) is 5.40. The maximum atomic E-state index is 13.2. The fourth-order valence-corrected chi connectivity index (χ4v) is 4.11. The minimum atomic E-state index is -0.354. The molecular formula is C28H28N4O5. The minimum absolute atomic E-state index is 0.116. The number of hydrogen-bond donors (Lipinski definition) is 1. The van der Waals surface area contributed by atoms with Crippen molar-refractivity contribution in [2.24, 2.45) is 5.92 Å². The van der Waals surface area contributed by atoms with Crippen molar-refractivity contribution in [2.45, 2.75) is 12.8 Å². The standard InChI is InChI=1S/C28H28N4O5/c1-35-23-13-12-21(15-25(23)36-2)32-17-22(20-7-4-3-5-8-20)29-28(32)30-26(33)18-31(16-19-10-11-19)27(34)24-9-6-14-37-24/h3-9,12-15,17,19H,10-11,16,18H2,1-2H3,(H,29,30,33). The molecule has 1 fully saturated rings. The molecule has 0 radical (unpaired) electrons. The van der Waals surface area contributed by atoms with Crippen LogP contribution in [0.3, 0.4) is 0 Å². The van der Waals surface area contributed by atoms with Gasteiger partial charge in [-0.2, -0.15) is 0 Å². The van der Waals surface area contributed by atoms with E-state index in [9.17, 15) is 9.59 Å². The van der Waals surface area contributed by atoms with Crippen LogP contribution in [0.2, 0.25) is 0 Å². The van der Waals surface area contributed by atoms with E-state index in [-0.39, 0.29) is 24.1 Å². The molecule has 0 spiro atoms. The summed E-state index contributed by atoms with van der Waals surface area (Å²) in [6.45, 7) is 0.391. The number of imidazole rings is 1. The first-order valence-electron chi connectivity index (χ1n) is 12.1. The third kappa shape index (κ3) is 5.50. The molecule has 0 saturated heterocycles. The van der Waals surface area contributed by atoms with Crippen LogP contribution in [-0.4, -0.2) is 53.6 Å². The van der Waals surface area contributed by atoms with Crippen LogP contribution in [0.4, 0.5) is 5.95 Å². The summed E-state index contributed by atoms with van der Waals surface area (Å²) in [5.74, 6) is 1.43. The number of hydrogen-bond acceptors (Lipinski definition) is 6. The Bertz CT molecular complexity index is 1380. The monoisotopic (exact) mass is 500 g/mol. The molecule has 1 aliphatic carbocycles. The maximum Gasteiger partial charge on any atom is 0.290 e. The molecule has 1 N–H and O–H groups in total. The lowest BCUT2D eigenvalue weighted by Crippen LogP contribution is -2.39. The van der Waals surface area contributed by atoms with Crippen molar-refractivity contribution < 1.29 is 23.5 Å².